The van der Waals surface area contributed by atoms with Gasteiger partial charge in [0.25, 0.3) is 16.0 Å². The van der Waals surface area contributed by atoms with Gasteiger partial charge < -0.3 is 0 Å². The number of anilines is 1. The predicted molar refractivity (Wildman–Crippen MR) is 87.7 cm³/mol. The summed E-state index contributed by atoms with van der Waals surface area (Å²) in [6, 6.07) is 9.26. The summed E-state index contributed by atoms with van der Waals surface area (Å²) in [4.78, 5) is 3.12. The molecule has 0 aliphatic rings. The van der Waals surface area contributed by atoms with Gasteiger partial charge in [-0.3, -0.25) is 0 Å². The fourth-order valence-electron chi connectivity index (χ4n) is 2.09. The first-order valence-corrected chi connectivity index (χ1v) is 8.82. The first-order chi connectivity index (χ1) is 11.8. The average Bonchev–Trinajstić information content (AvgIpc) is 2.95. The third-order valence-corrected chi connectivity index (χ3v) is 4.97. The molecule has 130 valence electrons. The van der Waals surface area contributed by atoms with Gasteiger partial charge >= 0.3 is 0 Å². The Morgan fingerprint density at radius 2 is 1.92 bits per heavy atom. The van der Waals surface area contributed by atoms with Crippen LogP contribution in [-0.4, -0.2) is 23.2 Å². The number of nitrogens with one attached hydrogen (secondary N) is 1. The average molecular weight is 385 g/mol. The molecular weight excluding hydrogens is 374 g/mol. The Kier molecular flexibility index (Phi) is 4.69. The fraction of sp³-hybridized carbons (Fsp3) is 0.0667. The normalized spacial score (nSPS) is 11.5. The molecule has 0 saturated carbocycles. The zero-order valence-corrected chi connectivity index (χ0v) is 14.1. The highest BCUT2D eigenvalue weighted by atomic mass is 35.5. The number of hydrogen-bond donors (Lipinski definition) is 1. The Hall–Kier alpha value is -2.52. The summed E-state index contributed by atoms with van der Waals surface area (Å²) in [6.45, 7) is 0.277. The van der Waals surface area contributed by atoms with E-state index < -0.39 is 26.6 Å². The van der Waals surface area contributed by atoms with Gasteiger partial charge in [0.15, 0.2) is 0 Å². The van der Waals surface area contributed by atoms with E-state index in [9.17, 15) is 17.2 Å². The molecule has 25 heavy (non-hydrogen) atoms. The van der Waals surface area contributed by atoms with E-state index in [1.165, 1.54) is 11.0 Å². The molecule has 0 amide bonds. The maximum Gasteiger partial charge on any atom is 0.267 e. The molecule has 6 nitrogen and oxygen atoms in total. The van der Waals surface area contributed by atoms with Crippen LogP contribution in [0.1, 0.15) is 5.56 Å². The molecule has 1 aromatic heterocycles. The van der Waals surface area contributed by atoms with E-state index in [0.29, 0.717) is 11.1 Å². The lowest BCUT2D eigenvalue weighted by atomic mass is 10.2. The highest BCUT2D eigenvalue weighted by molar-refractivity contribution is 7.92. The van der Waals surface area contributed by atoms with Gasteiger partial charge in [-0.2, -0.15) is 4.98 Å². The Balaban J connectivity index is 1.80. The van der Waals surface area contributed by atoms with Gasteiger partial charge in [0.1, 0.15) is 22.9 Å². The van der Waals surface area contributed by atoms with E-state index in [1.807, 2.05) is 4.72 Å². The van der Waals surface area contributed by atoms with Crippen molar-refractivity contribution in [3.05, 3.63) is 71.0 Å². The topological polar surface area (TPSA) is 76.9 Å². The van der Waals surface area contributed by atoms with Crippen molar-refractivity contribution in [1.29, 1.82) is 0 Å². The van der Waals surface area contributed by atoms with Gasteiger partial charge in [-0.15, -0.1) is 5.10 Å². The van der Waals surface area contributed by atoms with E-state index in [4.69, 9.17) is 11.6 Å². The lowest BCUT2D eigenvalue weighted by Gasteiger charge is -2.06. The lowest BCUT2D eigenvalue weighted by Crippen LogP contribution is -2.16. The molecule has 0 unspecified atom stereocenters. The number of benzene rings is 2. The van der Waals surface area contributed by atoms with Crippen LogP contribution in [0.4, 0.5) is 14.7 Å². The Bertz CT molecular complexity index is 1020. The van der Waals surface area contributed by atoms with Gasteiger partial charge in [0, 0.05) is 11.1 Å². The smallest absolute Gasteiger partial charge is 0.246 e. The van der Waals surface area contributed by atoms with Crippen LogP contribution in [0, 0.1) is 11.6 Å². The predicted octanol–water partition coefficient (Wildman–Crippen LogP) is 3.06. The highest BCUT2D eigenvalue weighted by Crippen LogP contribution is 2.19. The maximum atomic E-state index is 13.7. The minimum Gasteiger partial charge on any atom is -0.246 e. The van der Waals surface area contributed by atoms with E-state index in [2.05, 4.69) is 10.1 Å². The van der Waals surface area contributed by atoms with Gasteiger partial charge in [0.2, 0.25) is 0 Å². The fourth-order valence-corrected chi connectivity index (χ4v) is 3.29. The van der Waals surface area contributed by atoms with Crippen molar-refractivity contribution in [3.8, 4) is 0 Å². The van der Waals surface area contributed by atoms with Gasteiger partial charge in [0.05, 0.1) is 6.54 Å². The van der Waals surface area contributed by atoms with Crippen LogP contribution in [0.5, 0.6) is 0 Å². The van der Waals surface area contributed by atoms with Crippen LogP contribution in [0.3, 0.4) is 0 Å². The first kappa shape index (κ1) is 17.3. The zero-order valence-electron chi connectivity index (χ0n) is 12.5. The second kappa shape index (κ2) is 6.77. The SMILES string of the molecule is O=S(=O)(Nc1ncn(Cc2ccccc2Cl)n1)c1ccc(F)cc1F. The summed E-state index contributed by atoms with van der Waals surface area (Å²) in [5.41, 5.74) is 0.771. The third-order valence-electron chi connectivity index (χ3n) is 3.24. The molecule has 0 aliphatic heterocycles. The molecule has 0 bridgehead atoms. The second-order valence-corrected chi connectivity index (χ2v) is 7.10. The van der Waals surface area contributed by atoms with Crippen molar-refractivity contribution in [3.63, 3.8) is 0 Å². The third kappa shape index (κ3) is 3.94. The van der Waals surface area contributed by atoms with Crippen molar-refractivity contribution in [2.75, 3.05) is 4.72 Å². The van der Waals surface area contributed by atoms with Crippen LogP contribution in [0.2, 0.25) is 5.02 Å². The minimum atomic E-state index is -4.28. The summed E-state index contributed by atoms with van der Waals surface area (Å²) in [6.07, 6.45) is 1.31. The summed E-state index contributed by atoms with van der Waals surface area (Å²) >= 11 is 6.05. The van der Waals surface area contributed by atoms with Crippen LogP contribution >= 0.6 is 11.6 Å². The largest absolute Gasteiger partial charge is 0.267 e. The van der Waals surface area contributed by atoms with Gasteiger partial charge in [-0.25, -0.2) is 26.6 Å². The molecule has 3 rings (SSSR count). The summed E-state index contributed by atoms with van der Waals surface area (Å²) in [7, 11) is -4.28. The second-order valence-electron chi connectivity index (χ2n) is 5.04. The minimum absolute atomic E-state index is 0.240. The molecule has 0 spiro atoms. The summed E-state index contributed by atoms with van der Waals surface area (Å²) < 4.78 is 54.3. The number of rotatable bonds is 5. The Labute approximate surface area is 147 Å². The lowest BCUT2D eigenvalue weighted by molar-refractivity contribution is 0.551. The van der Waals surface area contributed by atoms with E-state index in [0.717, 1.165) is 17.7 Å². The quantitative estimate of drug-likeness (QED) is 0.733. The van der Waals surface area contributed by atoms with Gasteiger partial charge in [-0.1, -0.05) is 29.8 Å². The van der Waals surface area contributed by atoms with Crippen LogP contribution in [-0.2, 0) is 16.6 Å². The molecule has 0 fully saturated rings. The van der Waals surface area contributed by atoms with Crippen molar-refractivity contribution in [2.24, 2.45) is 0 Å². The Morgan fingerprint density at radius 1 is 1.16 bits per heavy atom. The summed E-state index contributed by atoms with van der Waals surface area (Å²) in [5.74, 6) is -2.32. The Morgan fingerprint density at radius 3 is 2.64 bits per heavy atom. The van der Waals surface area contributed by atoms with Crippen molar-refractivity contribution in [2.45, 2.75) is 11.4 Å². The summed E-state index contributed by atoms with van der Waals surface area (Å²) in [5, 5.41) is 4.50. The van der Waals surface area contributed by atoms with E-state index in [1.54, 1.807) is 24.3 Å². The number of hydrogen-bond acceptors (Lipinski definition) is 4. The first-order valence-electron chi connectivity index (χ1n) is 6.96. The van der Waals surface area contributed by atoms with E-state index >= 15 is 0 Å². The molecule has 10 heteroatoms. The molecule has 1 N–H and O–H groups in total. The molecule has 3 aromatic rings. The molecule has 0 aliphatic carbocycles. The van der Waals surface area contributed by atoms with E-state index in [-0.39, 0.29) is 12.5 Å². The van der Waals surface area contributed by atoms with Crippen LogP contribution in [0.25, 0.3) is 0 Å². The monoisotopic (exact) mass is 384 g/mol. The maximum absolute atomic E-state index is 13.7. The van der Waals surface area contributed by atoms with Crippen molar-refractivity contribution >= 4 is 27.6 Å². The number of halogens is 3. The van der Waals surface area contributed by atoms with Crippen molar-refractivity contribution in [1.82, 2.24) is 14.8 Å². The molecule has 0 atom stereocenters. The highest BCUT2D eigenvalue weighted by Gasteiger charge is 2.21. The molecule has 1 heterocycles. The van der Waals surface area contributed by atoms with Crippen LogP contribution < -0.4 is 4.72 Å². The molecular formula is C15H11ClF2N4O2S. The van der Waals surface area contributed by atoms with Crippen LogP contribution in [0.15, 0.2) is 53.7 Å². The van der Waals surface area contributed by atoms with Crippen molar-refractivity contribution < 1.29 is 17.2 Å². The number of aromatic nitrogens is 3. The standard InChI is InChI=1S/C15H11ClF2N4O2S/c16-12-4-2-1-3-10(12)8-22-9-19-15(20-22)21-25(23,24)14-6-5-11(17)7-13(14)18/h1-7,9H,8H2,(H,20,21). The molecule has 0 radical (unpaired) electrons. The molecule has 2 aromatic carbocycles. The number of sulfonamides is 1. The molecule has 0 saturated heterocycles. The zero-order chi connectivity index (χ0) is 18.0. The van der Waals surface area contributed by atoms with Gasteiger partial charge in [-0.05, 0) is 23.8 Å². The number of nitrogens with zero attached hydrogens (tertiary/aromatic N) is 3.